The summed E-state index contributed by atoms with van der Waals surface area (Å²) < 4.78 is 47.7. The van der Waals surface area contributed by atoms with Crippen molar-refractivity contribution in [1.29, 1.82) is 0 Å². The Morgan fingerprint density at radius 1 is 1.07 bits per heavy atom. The Hall–Kier alpha value is 0.180. The molecule has 0 unspecified atom stereocenters. The summed E-state index contributed by atoms with van der Waals surface area (Å²) in [5.41, 5.74) is 0. The van der Waals surface area contributed by atoms with Crippen LogP contribution in [0.25, 0.3) is 0 Å². The molecule has 0 spiro atoms. The van der Waals surface area contributed by atoms with E-state index in [4.69, 9.17) is 14.2 Å². The van der Waals surface area contributed by atoms with Gasteiger partial charge in [-0.3, -0.25) is 4.79 Å². The fraction of sp³-hybridized carbons (Fsp3) is 0.933. The Balaban J connectivity index is 0.00000676. The molecule has 0 aromatic carbocycles. The van der Waals surface area contributed by atoms with Crippen LogP contribution < -0.4 is 29.6 Å². The van der Waals surface area contributed by atoms with Crippen LogP contribution in [0.2, 0.25) is 0 Å². The van der Waals surface area contributed by atoms with E-state index in [1.54, 1.807) is 0 Å². The average molecular weight is 422 g/mol. The molecule has 0 bridgehead atoms. The van der Waals surface area contributed by atoms with Gasteiger partial charge in [-0.2, -0.15) is 0 Å². The van der Waals surface area contributed by atoms with E-state index in [-0.39, 0.29) is 55.2 Å². The first-order valence-corrected chi connectivity index (χ1v) is 10.1. The molecule has 1 rings (SSSR count). The largest absolute Gasteiger partial charge is 1.00 e. The van der Waals surface area contributed by atoms with Crippen molar-refractivity contribution in [1.82, 2.24) is 0 Å². The maximum absolute atomic E-state index is 11.4. The van der Waals surface area contributed by atoms with E-state index in [1.807, 2.05) is 6.92 Å². The molecular weight excluding hydrogens is 395 g/mol. The van der Waals surface area contributed by atoms with Crippen LogP contribution in [-0.2, 0) is 29.1 Å². The van der Waals surface area contributed by atoms with Crippen LogP contribution in [0.5, 0.6) is 0 Å². The second-order valence-electron chi connectivity index (χ2n) is 6.14. The summed E-state index contributed by atoms with van der Waals surface area (Å²) in [4.78, 5) is 11.4. The number of aliphatic hydroxyl groups excluding tert-OH is 3. The van der Waals surface area contributed by atoms with Gasteiger partial charge >= 0.3 is 35.5 Å². The van der Waals surface area contributed by atoms with Gasteiger partial charge in [-0.05, 0) is 6.42 Å². The maximum Gasteiger partial charge on any atom is 1.00 e. The number of carbonyl (C=O) groups is 1. The number of aliphatic hydroxyl groups is 3. The molecule has 1 aliphatic rings. The normalized spacial score (nSPS) is 28.4. The zero-order chi connectivity index (χ0) is 19.7. The summed E-state index contributed by atoms with van der Waals surface area (Å²) in [5.74, 6) is -1.38. The van der Waals surface area contributed by atoms with Crippen LogP contribution in [0, 0.1) is 0 Å². The van der Waals surface area contributed by atoms with Crippen LogP contribution in [0.1, 0.15) is 39.0 Å². The molecule has 0 aliphatic carbocycles. The monoisotopic (exact) mass is 422 g/mol. The number of hydrogen-bond acceptors (Lipinski definition) is 10. The summed E-state index contributed by atoms with van der Waals surface area (Å²) in [5, 5.41) is 29.2. The second-order valence-corrected chi connectivity index (χ2v) is 7.59. The van der Waals surface area contributed by atoms with Gasteiger partial charge in [0.15, 0.2) is 6.29 Å². The first-order chi connectivity index (χ1) is 12.2. The van der Waals surface area contributed by atoms with E-state index in [0.717, 1.165) is 19.3 Å². The van der Waals surface area contributed by atoms with Crippen LogP contribution in [-0.4, -0.2) is 83.9 Å². The quantitative estimate of drug-likeness (QED) is 0.129. The summed E-state index contributed by atoms with van der Waals surface area (Å²) in [7, 11) is -4.71. The van der Waals surface area contributed by atoms with E-state index >= 15 is 0 Å². The number of esters is 1. The molecule has 3 N–H and O–H groups in total. The molecule has 27 heavy (non-hydrogen) atoms. The van der Waals surface area contributed by atoms with E-state index < -0.39 is 46.6 Å². The van der Waals surface area contributed by atoms with Gasteiger partial charge in [0.2, 0.25) is 0 Å². The zero-order valence-electron chi connectivity index (χ0n) is 15.7. The molecule has 0 amide bonds. The van der Waals surface area contributed by atoms with Crippen LogP contribution in [0.4, 0.5) is 0 Å². The molecule has 0 aromatic rings. The Kier molecular flexibility index (Phi) is 13.5. The van der Waals surface area contributed by atoms with Gasteiger partial charge in [0, 0.05) is 12.8 Å². The van der Waals surface area contributed by atoms with Gasteiger partial charge in [0.1, 0.15) is 24.4 Å². The minimum absolute atomic E-state index is 0. The summed E-state index contributed by atoms with van der Waals surface area (Å²) in [6.07, 6.45) is -4.68. The van der Waals surface area contributed by atoms with Crippen LogP contribution in [0.3, 0.4) is 0 Å². The van der Waals surface area contributed by atoms with Gasteiger partial charge in [-0.1, -0.05) is 19.8 Å². The summed E-state index contributed by atoms with van der Waals surface area (Å²) in [6.45, 7) is 2.11. The van der Waals surface area contributed by atoms with Crippen molar-refractivity contribution in [2.45, 2.75) is 69.7 Å². The predicted octanol–water partition coefficient (Wildman–Crippen LogP) is -4.13. The molecule has 1 heterocycles. The Bertz CT molecular complexity index is 529. The van der Waals surface area contributed by atoms with E-state index in [1.165, 1.54) is 0 Å². The van der Waals surface area contributed by atoms with Crippen LogP contribution >= 0.6 is 0 Å². The first kappa shape index (κ1) is 27.2. The molecule has 0 radical (unpaired) electrons. The fourth-order valence-electron chi connectivity index (χ4n) is 2.43. The minimum atomic E-state index is -4.71. The maximum atomic E-state index is 11.4. The molecule has 5 atom stereocenters. The third-order valence-electron chi connectivity index (χ3n) is 3.86. The number of ether oxygens (including phenoxy) is 3. The molecule has 12 heteroatoms. The van der Waals surface area contributed by atoms with E-state index in [9.17, 15) is 33.1 Å². The third-order valence-corrected chi connectivity index (χ3v) is 4.59. The van der Waals surface area contributed by atoms with E-state index in [2.05, 4.69) is 0 Å². The van der Waals surface area contributed by atoms with Crippen LogP contribution in [0.15, 0.2) is 0 Å². The minimum Gasteiger partial charge on any atom is -0.748 e. The van der Waals surface area contributed by atoms with Crippen molar-refractivity contribution in [3.05, 3.63) is 0 Å². The Labute approximate surface area is 181 Å². The van der Waals surface area contributed by atoms with Crippen molar-refractivity contribution >= 4 is 16.1 Å². The van der Waals surface area contributed by atoms with Gasteiger partial charge in [0.05, 0.1) is 29.1 Å². The number of rotatable bonds is 11. The fourth-order valence-corrected chi connectivity index (χ4v) is 3.11. The predicted molar refractivity (Wildman–Crippen MR) is 86.9 cm³/mol. The molecule has 1 saturated heterocycles. The molecule has 1 fully saturated rings. The van der Waals surface area contributed by atoms with Gasteiger partial charge < -0.3 is 34.1 Å². The standard InChI is InChI=1S/C15H28O10S.Na/c1-2-3-4-6-11(16)23-7-5-8-24-15-14(19)13(18)12(17)10(25-15)9-26(20,21)22;/h10,12-15,17-19H,2-9H2,1H3,(H,20,21,22);/q;+1/p-1/t10-,12-,13+,14-,15+;/m1./s1. The number of unbranched alkanes of at least 4 members (excludes halogenated alkanes) is 2. The van der Waals surface area contributed by atoms with Crippen molar-refractivity contribution < 1.29 is 76.9 Å². The smallest absolute Gasteiger partial charge is 0.748 e. The topological polar surface area (TPSA) is 163 Å². The van der Waals surface area contributed by atoms with Gasteiger partial charge in [-0.15, -0.1) is 0 Å². The Morgan fingerprint density at radius 3 is 2.33 bits per heavy atom. The van der Waals surface area contributed by atoms with Crippen molar-refractivity contribution in [3.8, 4) is 0 Å². The average Bonchev–Trinajstić information content (AvgIpc) is 2.55. The van der Waals surface area contributed by atoms with Gasteiger partial charge in [0.25, 0.3) is 0 Å². The van der Waals surface area contributed by atoms with Crippen molar-refractivity contribution in [2.24, 2.45) is 0 Å². The molecule has 10 nitrogen and oxygen atoms in total. The summed E-state index contributed by atoms with van der Waals surface area (Å²) >= 11 is 0. The number of hydrogen-bond donors (Lipinski definition) is 3. The van der Waals surface area contributed by atoms with Crippen molar-refractivity contribution in [2.75, 3.05) is 19.0 Å². The molecular formula is C15H27NaO10S. The summed E-state index contributed by atoms with van der Waals surface area (Å²) in [6, 6.07) is 0. The van der Waals surface area contributed by atoms with E-state index in [0.29, 0.717) is 6.42 Å². The van der Waals surface area contributed by atoms with Gasteiger partial charge in [-0.25, -0.2) is 8.42 Å². The SMILES string of the molecule is CCCCCC(=O)OCCCO[C@H]1O[C@H](CS(=O)(=O)[O-])[C@@H](O)[C@H](O)[C@H]1O.[Na+]. The first-order valence-electron chi connectivity index (χ1n) is 8.56. The number of carbonyl (C=O) groups excluding carboxylic acids is 1. The molecule has 1 aliphatic heterocycles. The molecule has 154 valence electrons. The molecule has 0 saturated carbocycles. The molecule has 0 aromatic heterocycles. The zero-order valence-corrected chi connectivity index (χ0v) is 18.5. The third kappa shape index (κ3) is 10.5. The second kappa shape index (κ2) is 13.4. The van der Waals surface area contributed by atoms with Crippen molar-refractivity contribution in [3.63, 3.8) is 0 Å². The Morgan fingerprint density at radius 2 is 1.74 bits per heavy atom.